The molecule has 98 heavy (non-hydrogen) atoms. The molecule has 9 heterocycles. The Hall–Kier alpha value is -0.840. The topological polar surface area (TPSA) is 238 Å². The van der Waals surface area contributed by atoms with Crippen LogP contribution in [0.4, 0.5) is 0 Å². The third-order valence-electron chi connectivity index (χ3n) is 26.6. The first kappa shape index (κ1) is 81.2. The zero-order valence-electron chi connectivity index (χ0n) is 64.7. The minimum absolute atomic E-state index is 0.00920. The fourth-order valence-electron chi connectivity index (χ4n) is 17.8. The normalized spacial score (nSPS) is 54.5. The zero-order valence-corrected chi connectivity index (χ0v) is 64.7. The van der Waals surface area contributed by atoms with Gasteiger partial charge in [0, 0.05) is 47.3 Å². The minimum Gasteiger partial charge on any atom is -0.390 e. The smallest absolute Gasteiger partial charge is 0.184 e. The van der Waals surface area contributed by atoms with Gasteiger partial charge < -0.3 is 101 Å². The zero-order chi connectivity index (χ0) is 72.0. The van der Waals surface area contributed by atoms with Crippen molar-refractivity contribution >= 4 is 0 Å². The van der Waals surface area contributed by atoms with Crippen LogP contribution >= 0.6 is 0 Å². The maximum Gasteiger partial charge on any atom is 0.184 e. The second-order valence-electron chi connectivity index (χ2n) is 32.6. The summed E-state index contributed by atoms with van der Waals surface area (Å²) >= 11 is 0. The molecule has 21 nitrogen and oxygen atoms in total. The molecule has 9 rings (SSSR count). The average Bonchev–Trinajstić information content (AvgIpc) is 0.779. The number of hydrogen-bond donors (Lipinski definition) is 4. The highest BCUT2D eigenvalue weighted by Crippen LogP contribution is 2.47. The Morgan fingerprint density at radius 3 is 0.776 bits per heavy atom. The van der Waals surface area contributed by atoms with Crippen molar-refractivity contribution in [2.75, 3.05) is 0 Å². The molecule has 572 valence electrons. The Morgan fingerprint density at radius 1 is 0.184 bits per heavy atom. The molecule has 4 N–H and O–H groups in total. The van der Waals surface area contributed by atoms with Crippen LogP contribution < -0.4 is 0 Å². The molecule has 0 aromatic rings. The Balaban J connectivity index is 0.759. The summed E-state index contributed by atoms with van der Waals surface area (Å²) in [5.41, 5.74) is 0. The van der Waals surface area contributed by atoms with Crippen LogP contribution in [0.3, 0.4) is 0 Å². The van der Waals surface area contributed by atoms with Gasteiger partial charge in [0.05, 0.1) is 116 Å². The fourth-order valence-corrected chi connectivity index (χ4v) is 17.8. The molecule has 9 aliphatic heterocycles. The lowest BCUT2D eigenvalue weighted by Gasteiger charge is -2.52. The lowest BCUT2D eigenvalue weighted by molar-refractivity contribution is -0.377. The molecule has 21 heteroatoms. The molecule has 0 aromatic carbocycles. The molecule has 0 amide bonds. The highest BCUT2D eigenvalue weighted by Gasteiger charge is 2.57. The van der Waals surface area contributed by atoms with E-state index in [0.717, 1.165) is 6.42 Å². The van der Waals surface area contributed by atoms with Crippen molar-refractivity contribution in [3.63, 3.8) is 0 Å². The maximum atomic E-state index is 12.2. The van der Waals surface area contributed by atoms with Crippen LogP contribution in [-0.4, -0.2) is 205 Å². The molecule has 9 fully saturated rings. The molecule has 0 spiro atoms. The quantitative estimate of drug-likeness (QED) is 0.0744. The number of ether oxygens (including phenoxy) is 17. The summed E-state index contributed by atoms with van der Waals surface area (Å²) in [6.07, 6.45) is -9.98. The summed E-state index contributed by atoms with van der Waals surface area (Å²) in [4.78, 5) is 0. The number of aliphatic hydroxyl groups excluding tert-OH is 4. The van der Waals surface area contributed by atoms with E-state index in [-0.39, 0.29) is 138 Å². The number of aliphatic hydroxyl groups is 4. The molecule has 0 aliphatic carbocycles. The Morgan fingerprint density at radius 2 is 0.418 bits per heavy atom. The van der Waals surface area contributed by atoms with Gasteiger partial charge in [-0.05, 0) is 107 Å². The summed E-state index contributed by atoms with van der Waals surface area (Å²) in [7, 11) is 0. The lowest BCUT2D eigenvalue weighted by Crippen LogP contribution is -2.62. The third kappa shape index (κ3) is 16.6. The summed E-state index contributed by atoms with van der Waals surface area (Å²) in [6.45, 7) is 52.5. The van der Waals surface area contributed by atoms with Crippen LogP contribution in [0.15, 0.2) is 0 Å². The van der Waals surface area contributed by atoms with Crippen molar-refractivity contribution in [3.8, 4) is 0 Å². The van der Waals surface area contributed by atoms with Gasteiger partial charge in [0.25, 0.3) is 0 Å². The van der Waals surface area contributed by atoms with Crippen molar-refractivity contribution in [1.29, 1.82) is 0 Å². The van der Waals surface area contributed by atoms with E-state index in [4.69, 9.17) is 80.5 Å². The highest BCUT2D eigenvalue weighted by atomic mass is 16.8. The summed E-state index contributed by atoms with van der Waals surface area (Å²) < 4.78 is 115. The summed E-state index contributed by atoms with van der Waals surface area (Å²) in [5.74, 6) is -0.887. The van der Waals surface area contributed by atoms with E-state index in [1.807, 2.05) is 62.3 Å². The van der Waals surface area contributed by atoms with Gasteiger partial charge in [-0.3, -0.25) is 0 Å². The lowest BCUT2D eigenvalue weighted by atomic mass is 9.80. The SMILES string of the molecule is CCC1O[C@H](O[C@@H]2C(CC)O[C@H](O[C@H]3C(CC)O[C@@H](O[C@H]4C(C)O[C@@H](O[C@@H]5C(CC)O[C@H](O[C@H]6C(C)C(C)[C@@H](O[C@H]7C(CC)O[C@@H](C)C(C)[C@H]7C)O[C@H]6C)C(C)C5O)C(C)[C@H]4C)C(C)[C@H]3C)C(O)C2C)C(C)C(C)[C@@H]1O[C@@H]1OC(CC)[C@H](O[C@@H]2OC(CC)[C@H](O)[C@H](C)C2C)[C@H](C)C1O. The van der Waals surface area contributed by atoms with Crippen LogP contribution in [0.5, 0.6) is 0 Å². The Labute approximate surface area is 590 Å². The van der Waals surface area contributed by atoms with Gasteiger partial charge in [-0.1, -0.05) is 152 Å². The van der Waals surface area contributed by atoms with E-state index in [1.54, 1.807) is 0 Å². The first-order valence-corrected chi connectivity index (χ1v) is 39.2. The van der Waals surface area contributed by atoms with Crippen LogP contribution in [0.1, 0.15) is 218 Å². The van der Waals surface area contributed by atoms with E-state index in [0.29, 0.717) is 50.4 Å². The van der Waals surface area contributed by atoms with Gasteiger partial charge in [-0.2, -0.15) is 0 Å². The van der Waals surface area contributed by atoms with Crippen LogP contribution in [0.25, 0.3) is 0 Å². The summed E-state index contributed by atoms with van der Waals surface area (Å²) in [6, 6.07) is 0. The van der Waals surface area contributed by atoms with Gasteiger partial charge in [-0.25, -0.2) is 0 Å². The molecule has 0 aromatic heterocycles. The number of hydrogen-bond acceptors (Lipinski definition) is 21. The molecule has 21 unspecified atom stereocenters. The molecule has 0 bridgehead atoms. The first-order valence-electron chi connectivity index (χ1n) is 39.2. The molecule has 0 saturated carbocycles. The molecule has 9 aliphatic rings. The second kappa shape index (κ2) is 34.8. The van der Waals surface area contributed by atoms with Gasteiger partial charge in [0.2, 0.25) is 0 Å². The fraction of sp³-hybridized carbons (Fsp3) is 1.00. The van der Waals surface area contributed by atoms with Crippen molar-refractivity contribution in [2.45, 2.75) is 403 Å². The van der Waals surface area contributed by atoms with Crippen molar-refractivity contribution in [1.82, 2.24) is 0 Å². The van der Waals surface area contributed by atoms with Crippen LogP contribution in [0, 0.1) is 88.8 Å². The average molecular weight is 1400 g/mol. The summed E-state index contributed by atoms with van der Waals surface area (Å²) in [5, 5.41) is 47.2. The standard InChI is InChI=1S/C77H138O21/c1-26-51-58(78)34(9)40(15)72(85-51)94-67-45(20)60(80)76(89-55(67)30-5)97-66-39(14)44(19)74(87-54(66)29-4)95-68-46(21)61(81)77(90-56(68)31-6)96-65-38(13)43(18)73(86-53(65)28-3)91-62-37(12)42(17)71(84-49(62)24)98-69-57(32-7)88-75(47(22)59(69)79)92-63-36(11)41(16)70(83-50(63)25)93-64-35(10)33(8)48(23)82-52(64)27-2/h33-81H,26-32H2,1-25H3/t33?,34-,35-,36?,37-,38-,39?,40?,41?,42?,43?,44?,45-,46?,47?,48+,49?,50+,51?,52?,53?,54?,55?,56?,57?,58-,59?,60?,61?,62-,63+,64-,65-,66+,67-,68+,69-,70-,71+,72+,73+,74-,75-,76+,77-/m1/s1. The monoisotopic (exact) mass is 1400 g/mol. The van der Waals surface area contributed by atoms with Crippen LogP contribution in [-0.2, 0) is 80.5 Å². The maximum absolute atomic E-state index is 12.2. The van der Waals surface area contributed by atoms with Gasteiger partial charge in [-0.15, -0.1) is 0 Å². The molecular formula is C77H138O21. The van der Waals surface area contributed by atoms with Crippen molar-refractivity contribution in [2.24, 2.45) is 88.8 Å². The molecular weight excluding hydrogens is 1260 g/mol. The van der Waals surface area contributed by atoms with Gasteiger partial charge in [0.15, 0.2) is 50.3 Å². The Kier molecular flexibility index (Phi) is 28.9. The molecule has 9 saturated heterocycles. The van der Waals surface area contributed by atoms with Gasteiger partial charge >= 0.3 is 0 Å². The van der Waals surface area contributed by atoms with Gasteiger partial charge in [0.1, 0.15) is 18.3 Å². The van der Waals surface area contributed by atoms with E-state index in [9.17, 15) is 20.4 Å². The number of rotatable bonds is 23. The molecule has 0 radical (unpaired) electrons. The highest BCUT2D eigenvalue weighted by molar-refractivity contribution is 4.99. The predicted octanol–water partition coefficient (Wildman–Crippen LogP) is 11.5. The van der Waals surface area contributed by atoms with E-state index < -0.39 is 123 Å². The van der Waals surface area contributed by atoms with E-state index >= 15 is 0 Å². The molecule has 45 atom stereocenters. The van der Waals surface area contributed by atoms with Crippen molar-refractivity contribution in [3.05, 3.63) is 0 Å². The Bertz CT molecular complexity index is 2380. The predicted molar refractivity (Wildman–Crippen MR) is 367 cm³/mol. The van der Waals surface area contributed by atoms with E-state index in [1.165, 1.54) is 0 Å². The van der Waals surface area contributed by atoms with Crippen LogP contribution in [0.2, 0.25) is 0 Å². The van der Waals surface area contributed by atoms with Crippen molar-refractivity contribution < 1.29 is 101 Å². The third-order valence-corrected chi connectivity index (χ3v) is 26.6. The largest absolute Gasteiger partial charge is 0.390 e. The minimum atomic E-state index is -1.02. The van der Waals surface area contributed by atoms with E-state index in [2.05, 4.69) is 111 Å². The first-order chi connectivity index (χ1) is 46.4. The second-order valence-corrected chi connectivity index (χ2v) is 32.6.